The third-order valence-corrected chi connectivity index (χ3v) is 10.3. The van der Waals surface area contributed by atoms with Crippen molar-refractivity contribution < 1.29 is 14.3 Å². The summed E-state index contributed by atoms with van der Waals surface area (Å²) in [4.78, 5) is 37.6. The van der Waals surface area contributed by atoms with E-state index in [9.17, 15) is 9.59 Å². The van der Waals surface area contributed by atoms with Crippen molar-refractivity contribution in [1.29, 1.82) is 0 Å². The third kappa shape index (κ3) is 4.78. The van der Waals surface area contributed by atoms with Crippen LogP contribution in [0.25, 0.3) is 36.9 Å². The predicted molar refractivity (Wildman–Crippen MR) is 171 cm³/mol. The van der Waals surface area contributed by atoms with Crippen molar-refractivity contribution >= 4 is 54.6 Å². The number of ether oxygens (including phenoxy) is 2. The monoisotopic (exact) mass is 595 g/mol. The highest BCUT2D eigenvalue weighted by Crippen LogP contribution is 2.42. The lowest BCUT2D eigenvalue weighted by Gasteiger charge is -2.33. The summed E-state index contributed by atoms with van der Waals surface area (Å²) in [5.74, 6) is 0.786. The number of amides is 1. The van der Waals surface area contributed by atoms with E-state index in [-0.39, 0.29) is 23.7 Å². The lowest BCUT2D eigenvalue weighted by Crippen LogP contribution is -2.43. The van der Waals surface area contributed by atoms with Crippen LogP contribution < -0.4 is 15.4 Å². The number of pyridine rings is 1. The lowest BCUT2D eigenvalue weighted by molar-refractivity contribution is -0.120. The van der Waals surface area contributed by atoms with Crippen molar-refractivity contribution in [1.82, 2.24) is 14.3 Å². The largest absolute Gasteiger partial charge is 0.379 e. The van der Waals surface area contributed by atoms with E-state index in [2.05, 4.69) is 46.2 Å². The molecule has 3 fully saturated rings. The van der Waals surface area contributed by atoms with Crippen LogP contribution in [0.2, 0.25) is 0 Å². The Kier molecular flexibility index (Phi) is 6.67. The van der Waals surface area contributed by atoms with E-state index in [0.29, 0.717) is 25.4 Å². The minimum atomic E-state index is -0.0846. The van der Waals surface area contributed by atoms with E-state index >= 15 is 0 Å². The third-order valence-electron chi connectivity index (χ3n) is 9.04. The fraction of sp³-hybridized carbons (Fsp3) is 0.364. The molecule has 0 radical (unpaired) electrons. The second-order valence-electron chi connectivity index (χ2n) is 11.7. The van der Waals surface area contributed by atoms with Crippen molar-refractivity contribution in [2.75, 3.05) is 62.8 Å². The Morgan fingerprint density at radius 2 is 1.79 bits per heavy atom. The highest BCUT2D eigenvalue weighted by Gasteiger charge is 2.34. The summed E-state index contributed by atoms with van der Waals surface area (Å²) in [6.45, 7) is 4.80. The van der Waals surface area contributed by atoms with Gasteiger partial charge in [0.05, 0.1) is 32.0 Å². The van der Waals surface area contributed by atoms with Gasteiger partial charge in [-0.25, -0.2) is 4.98 Å². The topological polar surface area (TPSA) is 79.6 Å². The number of likely N-dealkylation sites (N-methyl/N-ethyl adjacent to an activating group) is 1. The number of anilines is 2. The van der Waals surface area contributed by atoms with Crippen molar-refractivity contribution in [2.45, 2.75) is 25.0 Å². The average Bonchev–Trinajstić information content (AvgIpc) is 3.58. The standard InChI is InChI=1S/C33H33N5O4S/c1-35(31(40)20-36-12-14-41-15-13-36)21-7-10-28-27(16-21)25-5-2-4-24(32(25)43-28)26-6-3-11-38-30(39)17-29(34-33(26)38)37-18-22-8-9-23(19-37)42-22/h2-7,10-11,16-17,22-23H,8-9,12-15,18-20H2,1H3. The van der Waals surface area contributed by atoms with Crippen molar-refractivity contribution in [3.05, 3.63) is 71.1 Å². The van der Waals surface area contributed by atoms with E-state index in [4.69, 9.17) is 14.5 Å². The van der Waals surface area contributed by atoms with E-state index in [1.165, 1.54) is 0 Å². The van der Waals surface area contributed by atoms with Gasteiger partial charge in [-0.3, -0.25) is 18.9 Å². The number of nitrogens with zero attached hydrogens (tertiary/aromatic N) is 5. The molecule has 0 aliphatic carbocycles. The number of carbonyl (C=O) groups excluding carboxylic acids is 1. The van der Waals surface area contributed by atoms with Crippen LogP contribution in [0.5, 0.6) is 0 Å². The Morgan fingerprint density at radius 3 is 2.60 bits per heavy atom. The van der Waals surface area contributed by atoms with Gasteiger partial charge < -0.3 is 19.3 Å². The molecule has 10 heteroatoms. The lowest BCUT2D eigenvalue weighted by atomic mass is 10.0. The maximum Gasteiger partial charge on any atom is 0.259 e. The molecule has 0 saturated carbocycles. The number of thiophene rings is 1. The average molecular weight is 596 g/mol. The molecule has 9 nitrogen and oxygen atoms in total. The van der Waals surface area contributed by atoms with Crippen LogP contribution in [0.15, 0.2) is 65.6 Å². The molecule has 2 atom stereocenters. The Balaban J connectivity index is 1.18. The highest BCUT2D eigenvalue weighted by molar-refractivity contribution is 7.26. The Bertz CT molecular complexity index is 1920. The normalized spacial score (nSPS) is 20.8. The van der Waals surface area contributed by atoms with E-state index in [1.807, 2.05) is 19.2 Å². The van der Waals surface area contributed by atoms with Crippen molar-refractivity contribution in [3.63, 3.8) is 0 Å². The zero-order valence-corrected chi connectivity index (χ0v) is 24.9. The molecule has 5 aromatic rings. The van der Waals surface area contributed by atoms with Crippen molar-refractivity contribution in [2.24, 2.45) is 0 Å². The van der Waals surface area contributed by atoms with Gasteiger partial charge in [0.25, 0.3) is 5.56 Å². The van der Waals surface area contributed by atoms with Gasteiger partial charge in [0, 0.05) is 82.5 Å². The van der Waals surface area contributed by atoms with Gasteiger partial charge in [0.15, 0.2) is 0 Å². The summed E-state index contributed by atoms with van der Waals surface area (Å²) in [5, 5.41) is 2.24. The minimum Gasteiger partial charge on any atom is -0.379 e. The van der Waals surface area contributed by atoms with E-state index in [0.717, 1.165) is 81.8 Å². The summed E-state index contributed by atoms with van der Waals surface area (Å²) in [5.41, 5.74) is 3.41. The van der Waals surface area contributed by atoms with Crippen LogP contribution >= 0.6 is 11.3 Å². The molecule has 6 heterocycles. The Hall–Kier alpha value is -3.83. The maximum atomic E-state index is 13.3. The second-order valence-corrected chi connectivity index (χ2v) is 12.8. The summed E-state index contributed by atoms with van der Waals surface area (Å²) in [6.07, 6.45) is 4.33. The first-order valence-corrected chi connectivity index (χ1v) is 15.8. The van der Waals surface area contributed by atoms with Gasteiger partial charge >= 0.3 is 0 Å². The number of carbonyl (C=O) groups is 1. The Morgan fingerprint density at radius 1 is 1.00 bits per heavy atom. The number of rotatable bonds is 5. The second kappa shape index (κ2) is 10.7. The summed E-state index contributed by atoms with van der Waals surface area (Å²) in [6, 6.07) is 18.2. The molecule has 2 aromatic carbocycles. The predicted octanol–water partition coefficient (Wildman–Crippen LogP) is 4.39. The molecule has 8 rings (SSSR count). The molecule has 43 heavy (non-hydrogen) atoms. The van der Waals surface area contributed by atoms with Gasteiger partial charge in [-0.1, -0.05) is 18.2 Å². The highest BCUT2D eigenvalue weighted by atomic mass is 32.1. The van der Waals surface area contributed by atoms with Crippen LogP contribution in [-0.4, -0.2) is 85.4 Å². The van der Waals surface area contributed by atoms with Gasteiger partial charge in [0.2, 0.25) is 5.91 Å². The fourth-order valence-electron chi connectivity index (χ4n) is 6.69. The van der Waals surface area contributed by atoms with Crippen molar-refractivity contribution in [3.8, 4) is 11.1 Å². The fourth-order valence-corrected chi connectivity index (χ4v) is 7.91. The summed E-state index contributed by atoms with van der Waals surface area (Å²) < 4.78 is 15.4. The Labute approximate surface area is 252 Å². The molecule has 220 valence electrons. The number of morpholine rings is 2. The molecule has 3 saturated heterocycles. The molecule has 2 unspecified atom stereocenters. The molecule has 3 aromatic heterocycles. The molecule has 0 N–H and O–H groups in total. The zero-order chi connectivity index (χ0) is 29.1. The number of hydrogen-bond donors (Lipinski definition) is 0. The smallest absolute Gasteiger partial charge is 0.259 e. The first kappa shape index (κ1) is 26.8. The number of hydrogen-bond acceptors (Lipinski definition) is 8. The molecule has 3 aliphatic heterocycles. The molecular formula is C33H33N5O4S. The van der Waals surface area contributed by atoms with Gasteiger partial charge in [-0.2, -0.15) is 0 Å². The van der Waals surface area contributed by atoms with Gasteiger partial charge in [0.1, 0.15) is 11.5 Å². The molecule has 0 spiro atoms. The number of aromatic nitrogens is 2. The summed E-state index contributed by atoms with van der Waals surface area (Å²) in [7, 11) is 1.85. The first-order valence-electron chi connectivity index (χ1n) is 15.0. The molecule has 1 amide bonds. The summed E-state index contributed by atoms with van der Waals surface area (Å²) >= 11 is 1.73. The van der Waals surface area contributed by atoms with Crippen LogP contribution in [0, 0.1) is 0 Å². The number of fused-ring (bicyclic) bond motifs is 6. The quantitative estimate of drug-likeness (QED) is 0.298. The van der Waals surface area contributed by atoms with Crippen LogP contribution in [0.4, 0.5) is 11.5 Å². The van der Waals surface area contributed by atoms with Gasteiger partial charge in [-0.05, 0) is 43.2 Å². The van der Waals surface area contributed by atoms with Crippen LogP contribution in [0.3, 0.4) is 0 Å². The van der Waals surface area contributed by atoms with E-state index in [1.54, 1.807) is 32.9 Å². The molecular weight excluding hydrogens is 562 g/mol. The van der Waals surface area contributed by atoms with Gasteiger partial charge in [-0.15, -0.1) is 11.3 Å². The minimum absolute atomic E-state index is 0.0674. The zero-order valence-electron chi connectivity index (χ0n) is 24.1. The van der Waals surface area contributed by atoms with Crippen LogP contribution in [-0.2, 0) is 14.3 Å². The number of benzene rings is 2. The SMILES string of the molecule is CN(C(=O)CN1CCOCC1)c1ccc2sc3c(-c4cccn5c(=O)cc(N6CC7CCC(C6)O7)nc45)cccc3c2c1. The molecule has 2 bridgehead atoms. The molecule has 3 aliphatic rings. The van der Waals surface area contributed by atoms with E-state index < -0.39 is 0 Å². The first-order chi connectivity index (χ1) is 21.0. The maximum absolute atomic E-state index is 13.3. The van der Waals surface area contributed by atoms with Crippen LogP contribution in [0.1, 0.15) is 12.8 Å².